The molecule has 2 N–H and O–H groups in total. The number of aliphatic carboxylic acids is 1. The predicted molar refractivity (Wildman–Crippen MR) is 212 cm³/mol. The number of carboxylic acids is 1. The Balaban J connectivity index is 1.01. The maximum absolute atomic E-state index is 13.6. The van der Waals surface area contributed by atoms with Gasteiger partial charge in [-0.2, -0.15) is 0 Å². The van der Waals surface area contributed by atoms with Crippen molar-refractivity contribution in [2.45, 2.75) is 163 Å². The number of carboxylic acid groups (broad SMARTS) is 1. The molecule has 306 valence electrons. The van der Waals surface area contributed by atoms with Gasteiger partial charge in [0.05, 0.1) is 23.3 Å². The SMILES string of the molecule is C[C@@H](CNC12CC[C@@H](C3(C)CC3)[C@@H]1C1CC[C@@H]3[C@]4(C)CC[C@H](OC(=O)[C@H]5C[C@@H](C(=O)O)C5(C)C)C(C)(C)[C@@H]4CC[C@@]3(C)[C@]1(C)CC2)N1CCS(=O)(=O)CC1. The summed E-state index contributed by atoms with van der Waals surface area (Å²) in [4.78, 5) is 27.8. The lowest BCUT2D eigenvalue weighted by molar-refractivity contribution is -0.249. The number of esters is 1. The molecule has 1 heterocycles. The average molecular weight is 771 g/mol. The topological polar surface area (TPSA) is 113 Å². The predicted octanol–water partition coefficient (Wildman–Crippen LogP) is 7.99. The first-order chi connectivity index (χ1) is 25.0. The molecular formula is C45H74N2O6S. The van der Waals surface area contributed by atoms with Crippen LogP contribution in [0.4, 0.5) is 0 Å². The second-order valence-corrected chi connectivity index (χ2v) is 25.2. The molecule has 1 aliphatic heterocycles. The molecule has 7 aliphatic carbocycles. The van der Waals surface area contributed by atoms with Crippen molar-refractivity contribution in [1.29, 1.82) is 0 Å². The van der Waals surface area contributed by atoms with Crippen molar-refractivity contribution in [3.8, 4) is 0 Å². The fourth-order valence-corrected chi connectivity index (χ4v) is 17.3. The fourth-order valence-electron chi connectivity index (χ4n) is 16.0. The largest absolute Gasteiger partial charge is 0.481 e. The lowest BCUT2D eigenvalue weighted by Gasteiger charge is -2.73. The number of nitrogens with zero attached hydrogens (tertiary/aromatic N) is 1. The van der Waals surface area contributed by atoms with E-state index in [1.165, 1.54) is 64.2 Å². The molecule has 9 heteroatoms. The number of sulfone groups is 1. The molecule has 0 radical (unpaired) electrons. The van der Waals surface area contributed by atoms with Gasteiger partial charge in [0.25, 0.3) is 0 Å². The molecule has 1 saturated heterocycles. The van der Waals surface area contributed by atoms with Crippen LogP contribution in [-0.2, 0) is 24.2 Å². The van der Waals surface area contributed by atoms with E-state index in [1.807, 2.05) is 13.8 Å². The van der Waals surface area contributed by atoms with Gasteiger partial charge in [-0.25, -0.2) is 8.42 Å². The van der Waals surface area contributed by atoms with E-state index in [-0.39, 0.29) is 45.2 Å². The van der Waals surface area contributed by atoms with Crippen molar-refractivity contribution in [2.75, 3.05) is 31.1 Å². The molecule has 54 heavy (non-hydrogen) atoms. The summed E-state index contributed by atoms with van der Waals surface area (Å²) in [7, 11) is -2.89. The molecule has 0 amide bonds. The lowest BCUT2D eigenvalue weighted by Crippen LogP contribution is -2.69. The number of carbonyl (C=O) groups excluding carboxylic acids is 1. The van der Waals surface area contributed by atoms with Gasteiger partial charge < -0.3 is 15.2 Å². The molecule has 0 aromatic rings. The summed E-state index contributed by atoms with van der Waals surface area (Å²) in [6.45, 7) is 23.8. The molecule has 8 fully saturated rings. The third-order valence-electron chi connectivity index (χ3n) is 20.2. The highest BCUT2D eigenvalue weighted by atomic mass is 32.2. The number of rotatable bonds is 8. The third-order valence-corrected chi connectivity index (χ3v) is 21.8. The highest BCUT2D eigenvalue weighted by Crippen LogP contribution is 2.78. The minimum atomic E-state index is -2.89. The number of ether oxygens (including phenoxy) is 1. The number of nitrogens with one attached hydrogen (secondary N) is 1. The van der Waals surface area contributed by atoms with Gasteiger partial charge in [0.15, 0.2) is 9.84 Å². The highest BCUT2D eigenvalue weighted by molar-refractivity contribution is 7.91. The van der Waals surface area contributed by atoms with E-state index in [9.17, 15) is 23.1 Å². The molecule has 8 rings (SSSR count). The van der Waals surface area contributed by atoms with Gasteiger partial charge in [-0.1, -0.05) is 55.4 Å². The van der Waals surface area contributed by atoms with Crippen LogP contribution in [0.1, 0.15) is 146 Å². The van der Waals surface area contributed by atoms with Crippen LogP contribution in [0.25, 0.3) is 0 Å². The molecule has 8 nitrogen and oxygen atoms in total. The molecular weight excluding hydrogens is 697 g/mol. The molecule has 2 unspecified atom stereocenters. The fraction of sp³-hybridized carbons (Fsp3) is 0.956. The zero-order valence-corrected chi connectivity index (χ0v) is 36.1. The molecule has 0 aromatic heterocycles. The Hall–Kier alpha value is -1.19. The van der Waals surface area contributed by atoms with E-state index in [4.69, 9.17) is 4.74 Å². The standard InChI is InChI=1S/C45H74N2O6S/c1-28(47-22-24-54(51,52)25-23-47)27-46-45-17-12-29(41(6)18-19-41)36(45)30-10-11-34-42(7)15-14-35(53-38(50)32-26-31(37(48)49)39(32,2)3)40(4,5)33(42)13-16-44(34,9)43(30,8)20-21-45/h28-36,46H,10-27H2,1-9H3,(H,48,49)/t28-,29+,30?,31-,32+,33-,34+,35-,36+,42+,43+,44+,45?/m0/s1. The maximum atomic E-state index is 13.6. The van der Waals surface area contributed by atoms with E-state index < -0.39 is 27.1 Å². The lowest BCUT2D eigenvalue weighted by atomic mass is 9.32. The molecule has 0 spiro atoms. The van der Waals surface area contributed by atoms with Crippen LogP contribution in [0.2, 0.25) is 0 Å². The summed E-state index contributed by atoms with van der Waals surface area (Å²) in [5.74, 6) is 2.11. The van der Waals surface area contributed by atoms with Gasteiger partial charge in [0.2, 0.25) is 0 Å². The van der Waals surface area contributed by atoms with E-state index in [2.05, 4.69) is 58.7 Å². The third kappa shape index (κ3) is 5.69. The molecule has 13 atom stereocenters. The first kappa shape index (κ1) is 39.6. The molecule has 0 aromatic carbocycles. The maximum Gasteiger partial charge on any atom is 0.309 e. The quantitative estimate of drug-likeness (QED) is 0.239. The van der Waals surface area contributed by atoms with Gasteiger partial charge in [0, 0.05) is 36.6 Å². The first-order valence-corrected chi connectivity index (χ1v) is 24.0. The van der Waals surface area contributed by atoms with Crippen LogP contribution in [0.5, 0.6) is 0 Å². The van der Waals surface area contributed by atoms with Crippen molar-refractivity contribution in [2.24, 2.45) is 73.9 Å². The minimum Gasteiger partial charge on any atom is -0.481 e. The van der Waals surface area contributed by atoms with Crippen molar-refractivity contribution in [3.63, 3.8) is 0 Å². The number of fused-ring (bicyclic) bond motifs is 7. The summed E-state index contributed by atoms with van der Waals surface area (Å²) in [5.41, 5.74) is 0.701. The second-order valence-electron chi connectivity index (χ2n) is 22.9. The number of carbonyl (C=O) groups is 2. The Kier molecular flexibility index (Phi) is 9.29. The first-order valence-electron chi connectivity index (χ1n) is 22.2. The molecule has 8 aliphatic rings. The smallest absolute Gasteiger partial charge is 0.309 e. The average Bonchev–Trinajstić information content (AvgIpc) is 3.70. The van der Waals surface area contributed by atoms with E-state index >= 15 is 0 Å². The Morgan fingerprint density at radius 3 is 2.07 bits per heavy atom. The van der Waals surface area contributed by atoms with Gasteiger partial charge >= 0.3 is 11.9 Å². The summed E-state index contributed by atoms with van der Waals surface area (Å²) in [6.07, 6.45) is 15.2. The van der Waals surface area contributed by atoms with E-state index in [1.54, 1.807) is 0 Å². The van der Waals surface area contributed by atoms with Gasteiger partial charge in [-0.3, -0.25) is 14.5 Å². The summed E-state index contributed by atoms with van der Waals surface area (Å²) >= 11 is 0. The van der Waals surface area contributed by atoms with Crippen molar-refractivity contribution in [1.82, 2.24) is 10.2 Å². The normalized spacial score (nSPS) is 48.8. The summed E-state index contributed by atoms with van der Waals surface area (Å²) < 4.78 is 30.8. The Morgan fingerprint density at radius 1 is 0.759 bits per heavy atom. The van der Waals surface area contributed by atoms with Gasteiger partial charge in [-0.15, -0.1) is 0 Å². The number of hydrogen-bond donors (Lipinski definition) is 2. The monoisotopic (exact) mass is 771 g/mol. The summed E-state index contributed by atoms with van der Waals surface area (Å²) in [6, 6.07) is 0.336. The van der Waals surface area contributed by atoms with Crippen molar-refractivity contribution >= 4 is 21.8 Å². The second kappa shape index (κ2) is 12.7. The van der Waals surface area contributed by atoms with E-state index in [0.29, 0.717) is 66.1 Å². The zero-order chi connectivity index (χ0) is 39.1. The van der Waals surface area contributed by atoms with Crippen LogP contribution >= 0.6 is 0 Å². The van der Waals surface area contributed by atoms with E-state index in [0.717, 1.165) is 25.3 Å². The zero-order valence-electron chi connectivity index (χ0n) is 35.3. The van der Waals surface area contributed by atoms with Crippen LogP contribution < -0.4 is 5.32 Å². The molecule has 7 saturated carbocycles. The van der Waals surface area contributed by atoms with Crippen LogP contribution in [0.15, 0.2) is 0 Å². The van der Waals surface area contributed by atoms with Crippen LogP contribution in [0.3, 0.4) is 0 Å². The Bertz CT molecular complexity index is 1630. The summed E-state index contributed by atoms with van der Waals surface area (Å²) in [5, 5.41) is 14.0. The minimum absolute atomic E-state index is 0.129. The highest BCUT2D eigenvalue weighted by Gasteiger charge is 2.72. The Morgan fingerprint density at radius 2 is 1.44 bits per heavy atom. The van der Waals surface area contributed by atoms with Gasteiger partial charge in [-0.05, 0) is 147 Å². The Labute approximate surface area is 327 Å². The van der Waals surface area contributed by atoms with Crippen LogP contribution in [-0.4, -0.2) is 79.2 Å². The number of hydrogen-bond acceptors (Lipinski definition) is 7. The van der Waals surface area contributed by atoms with Gasteiger partial charge in [0.1, 0.15) is 6.10 Å². The van der Waals surface area contributed by atoms with Crippen LogP contribution in [0, 0.1) is 73.9 Å². The van der Waals surface area contributed by atoms with Crippen molar-refractivity contribution < 1.29 is 27.9 Å². The molecule has 0 bridgehead atoms. The van der Waals surface area contributed by atoms with Crippen molar-refractivity contribution in [3.05, 3.63) is 0 Å².